The van der Waals surface area contributed by atoms with E-state index in [4.69, 9.17) is 15.9 Å². The molecule has 0 N–H and O–H groups in total. The smallest absolute Gasteiger partial charge is 0.416 e. The van der Waals surface area contributed by atoms with E-state index in [2.05, 4.69) is 5.92 Å². The van der Waals surface area contributed by atoms with Crippen molar-refractivity contribution in [2.24, 2.45) is 0 Å². The lowest BCUT2D eigenvalue weighted by Gasteiger charge is -2.41. The van der Waals surface area contributed by atoms with Gasteiger partial charge in [0.2, 0.25) is 0 Å². The van der Waals surface area contributed by atoms with E-state index in [0.29, 0.717) is 5.56 Å². The number of anilines is 1. The van der Waals surface area contributed by atoms with E-state index in [9.17, 15) is 27.6 Å². The van der Waals surface area contributed by atoms with Gasteiger partial charge in [-0.3, -0.25) is 4.90 Å². The number of likely N-dealkylation sites (N-methyl/N-ethyl adjacent to an activating group) is 1. The Bertz CT molecular complexity index is 1290. The number of urea groups is 1. The normalized spacial score (nSPS) is 16.1. The van der Waals surface area contributed by atoms with Crippen molar-refractivity contribution in [2.45, 2.75) is 26.1 Å². The van der Waals surface area contributed by atoms with Gasteiger partial charge in [0.15, 0.2) is 0 Å². The van der Waals surface area contributed by atoms with Gasteiger partial charge in [-0.25, -0.2) is 14.4 Å². The topological polar surface area (TPSA) is 76.2 Å². The molecule has 10 heteroatoms. The first-order valence-electron chi connectivity index (χ1n) is 10.8. The van der Waals surface area contributed by atoms with Crippen molar-refractivity contribution in [3.63, 3.8) is 0 Å². The van der Waals surface area contributed by atoms with Crippen molar-refractivity contribution in [3.8, 4) is 12.3 Å². The number of alkyl halides is 3. The highest BCUT2D eigenvalue weighted by atomic mass is 19.4. The number of carbonyl (C=O) groups excluding carboxylic acids is 3. The molecule has 2 amide bonds. The first-order chi connectivity index (χ1) is 17.0. The Kier molecular flexibility index (Phi) is 7.43. The van der Waals surface area contributed by atoms with Gasteiger partial charge in [0.25, 0.3) is 0 Å². The molecule has 1 heterocycles. The van der Waals surface area contributed by atoms with Gasteiger partial charge in [-0.15, -0.1) is 6.42 Å². The molecule has 1 aliphatic heterocycles. The summed E-state index contributed by atoms with van der Waals surface area (Å²) < 4.78 is 50.2. The molecule has 1 aliphatic rings. The number of rotatable bonds is 5. The number of methoxy groups -OCH3 is 1. The van der Waals surface area contributed by atoms with Crippen molar-refractivity contribution >= 4 is 23.7 Å². The van der Waals surface area contributed by atoms with Crippen molar-refractivity contribution in [3.05, 3.63) is 76.0 Å². The lowest BCUT2D eigenvalue weighted by molar-refractivity contribution is -0.139. The highest BCUT2D eigenvalue weighted by Gasteiger charge is 2.43. The van der Waals surface area contributed by atoms with Crippen LogP contribution < -0.4 is 4.90 Å². The molecule has 3 rings (SSSR count). The Morgan fingerprint density at radius 3 is 2.42 bits per heavy atom. The van der Waals surface area contributed by atoms with Crippen molar-refractivity contribution in [1.29, 1.82) is 0 Å². The van der Waals surface area contributed by atoms with Crippen LogP contribution in [0.5, 0.6) is 0 Å². The quantitative estimate of drug-likeness (QED) is 0.430. The molecule has 0 radical (unpaired) electrons. The van der Waals surface area contributed by atoms with E-state index >= 15 is 0 Å². The summed E-state index contributed by atoms with van der Waals surface area (Å²) in [4.78, 5) is 41.4. The van der Waals surface area contributed by atoms with Crippen LogP contribution in [0.15, 0.2) is 53.7 Å². The number of carbonyl (C=O) groups is 3. The zero-order chi connectivity index (χ0) is 26.8. The van der Waals surface area contributed by atoms with Crippen LogP contribution in [-0.2, 0) is 20.4 Å². The summed E-state index contributed by atoms with van der Waals surface area (Å²) in [5.74, 6) is 0.869. The second-order valence-corrected chi connectivity index (χ2v) is 7.84. The molecule has 7 nitrogen and oxygen atoms in total. The van der Waals surface area contributed by atoms with Gasteiger partial charge in [-0.1, -0.05) is 18.1 Å². The number of terminal acetylenes is 1. The van der Waals surface area contributed by atoms with Crippen LogP contribution in [0.25, 0.3) is 0 Å². The van der Waals surface area contributed by atoms with E-state index in [1.807, 2.05) is 0 Å². The molecule has 0 aliphatic carbocycles. The summed E-state index contributed by atoms with van der Waals surface area (Å²) in [5, 5.41) is 0. The van der Waals surface area contributed by atoms with Gasteiger partial charge >= 0.3 is 24.1 Å². The van der Waals surface area contributed by atoms with E-state index in [-0.39, 0.29) is 34.7 Å². The van der Waals surface area contributed by atoms with Crippen LogP contribution in [0, 0.1) is 12.3 Å². The third-order valence-corrected chi connectivity index (χ3v) is 5.73. The molecule has 0 aromatic heterocycles. The van der Waals surface area contributed by atoms with Gasteiger partial charge in [-0.05, 0) is 49.7 Å². The number of ether oxygens (including phenoxy) is 2. The highest BCUT2D eigenvalue weighted by molar-refractivity contribution is 6.04. The average molecular weight is 500 g/mol. The first-order valence-corrected chi connectivity index (χ1v) is 10.8. The van der Waals surface area contributed by atoms with Gasteiger partial charge in [-0.2, -0.15) is 13.2 Å². The lowest BCUT2D eigenvalue weighted by Crippen LogP contribution is -2.49. The summed E-state index contributed by atoms with van der Waals surface area (Å²) in [7, 11) is 2.54. The zero-order valence-electron chi connectivity index (χ0n) is 20.0. The van der Waals surface area contributed by atoms with Gasteiger partial charge in [0.1, 0.15) is 0 Å². The molecule has 0 bridgehead atoms. The Hall–Kier alpha value is -4.26. The summed E-state index contributed by atoms with van der Waals surface area (Å²) >= 11 is 0. The lowest BCUT2D eigenvalue weighted by atomic mass is 9.89. The van der Waals surface area contributed by atoms with Crippen LogP contribution >= 0.6 is 0 Å². The number of esters is 2. The summed E-state index contributed by atoms with van der Waals surface area (Å²) in [6.45, 7) is 3.02. The minimum Gasteiger partial charge on any atom is -0.465 e. The SMILES string of the molecule is C#Cc1ccc(C2C(C(=O)OCC)=C(C)N(c3cccc(C(F)(F)F)c3)C(=O)N2C)c(C(=O)OC)c1. The molecule has 0 saturated heterocycles. The van der Waals surface area contributed by atoms with Crippen LogP contribution in [0.2, 0.25) is 0 Å². The Labute approximate surface area is 206 Å². The average Bonchev–Trinajstić information content (AvgIpc) is 2.85. The van der Waals surface area contributed by atoms with Gasteiger partial charge in [0, 0.05) is 18.3 Å². The number of nitrogens with zero attached hydrogens (tertiary/aromatic N) is 2. The third kappa shape index (κ3) is 4.77. The molecule has 0 spiro atoms. The summed E-state index contributed by atoms with van der Waals surface area (Å²) in [6, 6.07) is 6.81. The second-order valence-electron chi connectivity index (χ2n) is 7.84. The van der Waals surface area contributed by atoms with E-state index in [0.717, 1.165) is 21.9 Å². The Balaban J connectivity index is 2.30. The highest BCUT2D eigenvalue weighted by Crippen LogP contribution is 2.41. The predicted molar refractivity (Wildman–Crippen MR) is 125 cm³/mol. The molecular formula is C26H23F3N2O5. The molecule has 36 heavy (non-hydrogen) atoms. The number of benzene rings is 2. The number of allylic oxidation sites excluding steroid dienone is 1. The van der Waals surface area contributed by atoms with Crippen LogP contribution in [-0.4, -0.2) is 43.6 Å². The summed E-state index contributed by atoms with van der Waals surface area (Å²) in [6.07, 6.45) is 0.824. The summed E-state index contributed by atoms with van der Waals surface area (Å²) in [5.41, 5.74) is -0.390. The maximum Gasteiger partial charge on any atom is 0.416 e. The van der Waals surface area contributed by atoms with Crippen LogP contribution in [0.3, 0.4) is 0 Å². The van der Waals surface area contributed by atoms with Gasteiger partial charge in [0.05, 0.1) is 42.1 Å². The van der Waals surface area contributed by atoms with Crippen LogP contribution in [0.4, 0.5) is 23.7 Å². The minimum absolute atomic E-state index is 0.00342. The monoisotopic (exact) mass is 500 g/mol. The fourth-order valence-corrected chi connectivity index (χ4v) is 4.05. The Morgan fingerprint density at radius 2 is 1.83 bits per heavy atom. The van der Waals surface area contributed by atoms with Crippen LogP contribution in [0.1, 0.15) is 46.9 Å². The van der Waals surface area contributed by atoms with E-state index < -0.39 is 35.8 Å². The zero-order valence-corrected chi connectivity index (χ0v) is 20.0. The number of halogens is 3. The largest absolute Gasteiger partial charge is 0.465 e. The maximum atomic E-state index is 13.5. The molecule has 2 aromatic rings. The predicted octanol–water partition coefficient (Wildman–Crippen LogP) is 4.92. The van der Waals surface area contributed by atoms with Gasteiger partial charge < -0.3 is 14.4 Å². The van der Waals surface area contributed by atoms with E-state index in [1.165, 1.54) is 51.4 Å². The first kappa shape index (κ1) is 26.3. The second kappa shape index (κ2) is 10.2. The maximum absolute atomic E-state index is 13.5. The number of hydrogen-bond acceptors (Lipinski definition) is 5. The molecule has 2 aromatic carbocycles. The van der Waals surface area contributed by atoms with Crippen molar-refractivity contribution < 1.29 is 37.0 Å². The molecular weight excluding hydrogens is 477 g/mol. The number of amides is 2. The molecule has 0 fully saturated rings. The van der Waals surface area contributed by atoms with Crippen molar-refractivity contribution in [1.82, 2.24) is 4.90 Å². The molecule has 1 unspecified atom stereocenters. The number of hydrogen-bond donors (Lipinski definition) is 0. The fourth-order valence-electron chi connectivity index (χ4n) is 4.05. The van der Waals surface area contributed by atoms with Crippen molar-refractivity contribution in [2.75, 3.05) is 25.7 Å². The minimum atomic E-state index is -4.64. The Morgan fingerprint density at radius 1 is 1.14 bits per heavy atom. The molecule has 0 saturated carbocycles. The fraction of sp³-hybridized carbons (Fsp3) is 0.269. The van der Waals surface area contributed by atoms with E-state index in [1.54, 1.807) is 6.92 Å². The molecule has 188 valence electrons. The molecule has 1 atom stereocenters. The third-order valence-electron chi connectivity index (χ3n) is 5.73. The standard InChI is InChI=1S/C26H23F3N2O5/c1-6-16-11-12-19(20(13-16)23(32)35-5)22-21(24(33)36-7-2)15(3)31(25(34)30(22)4)18-10-8-9-17(14-18)26(27,28)29/h1,8-14,22H,7H2,2-5H3.